The Morgan fingerprint density at radius 2 is 2.12 bits per heavy atom. The topological polar surface area (TPSA) is 52.8 Å². The van der Waals surface area contributed by atoms with Crippen LogP contribution in [0, 0.1) is 17.2 Å². The number of nitrogens with zero attached hydrogens (tertiary/aromatic N) is 4. The van der Waals surface area contributed by atoms with Gasteiger partial charge in [0, 0.05) is 19.0 Å². The fraction of sp³-hybridized carbons (Fsp3) is 0.308. The van der Waals surface area contributed by atoms with E-state index in [4.69, 9.17) is 5.26 Å². The van der Waals surface area contributed by atoms with Crippen LogP contribution in [0.4, 0.5) is 5.82 Å². The molecule has 86 valence electrons. The van der Waals surface area contributed by atoms with Crippen molar-refractivity contribution in [1.29, 1.82) is 5.26 Å². The lowest BCUT2D eigenvalue weighted by atomic mass is 10.2. The molecule has 1 unspecified atom stereocenters. The van der Waals surface area contributed by atoms with Gasteiger partial charge in [0.15, 0.2) is 0 Å². The summed E-state index contributed by atoms with van der Waals surface area (Å²) in [6.07, 6.45) is 1.56. The van der Waals surface area contributed by atoms with Crippen LogP contribution in [0.15, 0.2) is 30.6 Å². The third kappa shape index (κ3) is 2.34. The van der Waals surface area contributed by atoms with Gasteiger partial charge in [-0.25, -0.2) is 9.97 Å². The predicted octanol–water partition coefficient (Wildman–Crippen LogP) is 2.23. The quantitative estimate of drug-likeness (QED) is 0.805. The van der Waals surface area contributed by atoms with Crippen molar-refractivity contribution in [2.24, 2.45) is 5.92 Å². The van der Waals surface area contributed by atoms with E-state index in [1.807, 2.05) is 43.1 Å². The Balaban J connectivity index is 2.38. The number of rotatable bonds is 3. The molecule has 0 spiro atoms. The molecule has 0 radical (unpaired) electrons. The van der Waals surface area contributed by atoms with Crippen LogP contribution in [0.2, 0.25) is 0 Å². The maximum absolute atomic E-state index is 8.83. The van der Waals surface area contributed by atoms with Gasteiger partial charge in [0.2, 0.25) is 0 Å². The molecule has 4 nitrogen and oxygen atoms in total. The Morgan fingerprint density at radius 3 is 2.88 bits per heavy atom. The maximum Gasteiger partial charge on any atom is 0.139 e. The van der Waals surface area contributed by atoms with Crippen LogP contribution in [0.5, 0.6) is 0 Å². The van der Waals surface area contributed by atoms with E-state index in [0.29, 0.717) is 6.54 Å². The lowest BCUT2D eigenvalue weighted by Crippen LogP contribution is -2.24. The molecule has 0 fully saturated rings. The molecular formula is C13H14N4. The number of hydrogen-bond acceptors (Lipinski definition) is 4. The third-order valence-corrected chi connectivity index (χ3v) is 2.65. The fourth-order valence-electron chi connectivity index (χ4n) is 1.83. The lowest BCUT2D eigenvalue weighted by Gasteiger charge is -2.20. The molecule has 0 amide bonds. The number of aromatic nitrogens is 2. The summed E-state index contributed by atoms with van der Waals surface area (Å²) in [7, 11) is 1.95. The molecule has 1 heterocycles. The zero-order chi connectivity index (χ0) is 12.3. The van der Waals surface area contributed by atoms with E-state index >= 15 is 0 Å². The summed E-state index contributed by atoms with van der Waals surface area (Å²) in [6, 6.07) is 10.1. The van der Waals surface area contributed by atoms with Crippen LogP contribution in [-0.2, 0) is 0 Å². The monoisotopic (exact) mass is 226 g/mol. The highest BCUT2D eigenvalue weighted by Crippen LogP contribution is 2.21. The molecule has 0 saturated carbocycles. The van der Waals surface area contributed by atoms with Crippen LogP contribution < -0.4 is 4.90 Å². The Labute approximate surface area is 101 Å². The molecule has 1 aromatic heterocycles. The van der Waals surface area contributed by atoms with Crippen molar-refractivity contribution in [2.75, 3.05) is 18.5 Å². The Morgan fingerprint density at radius 1 is 1.35 bits per heavy atom. The molecule has 0 aliphatic carbocycles. The number of anilines is 1. The smallest absolute Gasteiger partial charge is 0.139 e. The average Bonchev–Trinajstić information content (AvgIpc) is 2.37. The molecule has 0 aliphatic heterocycles. The molecule has 2 rings (SSSR count). The molecule has 0 bridgehead atoms. The number of para-hydroxylation sites is 1. The number of nitriles is 1. The van der Waals surface area contributed by atoms with Crippen LogP contribution in [0.25, 0.3) is 10.9 Å². The van der Waals surface area contributed by atoms with E-state index < -0.39 is 0 Å². The van der Waals surface area contributed by atoms with Crippen LogP contribution >= 0.6 is 0 Å². The summed E-state index contributed by atoms with van der Waals surface area (Å²) in [4.78, 5) is 10.5. The van der Waals surface area contributed by atoms with Crippen molar-refractivity contribution < 1.29 is 0 Å². The van der Waals surface area contributed by atoms with Gasteiger partial charge in [-0.05, 0) is 19.1 Å². The van der Waals surface area contributed by atoms with Gasteiger partial charge < -0.3 is 4.90 Å². The van der Waals surface area contributed by atoms with Crippen LogP contribution in [0.1, 0.15) is 6.92 Å². The van der Waals surface area contributed by atoms with Gasteiger partial charge in [-0.2, -0.15) is 5.26 Å². The van der Waals surface area contributed by atoms with Crippen molar-refractivity contribution >= 4 is 16.7 Å². The second-order valence-electron chi connectivity index (χ2n) is 4.13. The van der Waals surface area contributed by atoms with Gasteiger partial charge in [-0.15, -0.1) is 0 Å². The minimum Gasteiger partial charge on any atom is -0.358 e. The minimum atomic E-state index is -0.0197. The predicted molar refractivity (Wildman–Crippen MR) is 67.6 cm³/mol. The molecule has 0 saturated heterocycles. The molecule has 4 heteroatoms. The zero-order valence-corrected chi connectivity index (χ0v) is 9.96. The van der Waals surface area contributed by atoms with E-state index in [2.05, 4.69) is 16.0 Å². The van der Waals surface area contributed by atoms with Gasteiger partial charge in [-0.1, -0.05) is 12.1 Å². The normalized spacial score (nSPS) is 12.1. The van der Waals surface area contributed by atoms with Gasteiger partial charge in [-0.3, -0.25) is 0 Å². The highest BCUT2D eigenvalue weighted by Gasteiger charge is 2.10. The molecule has 2 aromatic rings. The van der Waals surface area contributed by atoms with E-state index in [-0.39, 0.29) is 5.92 Å². The first kappa shape index (κ1) is 11.3. The third-order valence-electron chi connectivity index (χ3n) is 2.65. The maximum atomic E-state index is 8.83. The first-order valence-corrected chi connectivity index (χ1v) is 5.53. The highest BCUT2D eigenvalue weighted by molar-refractivity contribution is 5.89. The van der Waals surface area contributed by atoms with Gasteiger partial charge in [0.1, 0.15) is 12.1 Å². The first-order chi connectivity index (χ1) is 8.22. The van der Waals surface area contributed by atoms with E-state index in [9.17, 15) is 0 Å². The highest BCUT2D eigenvalue weighted by atomic mass is 15.2. The Kier molecular flexibility index (Phi) is 3.20. The summed E-state index contributed by atoms with van der Waals surface area (Å²) >= 11 is 0. The molecule has 1 atom stereocenters. The number of benzene rings is 1. The van der Waals surface area contributed by atoms with E-state index in [1.165, 1.54) is 0 Å². The molecule has 1 aromatic carbocycles. The van der Waals surface area contributed by atoms with Crippen molar-refractivity contribution in [3.63, 3.8) is 0 Å². The molecule has 0 aliphatic rings. The summed E-state index contributed by atoms with van der Waals surface area (Å²) in [6.45, 7) is 2.57. The first-order valence-electron chi connectivity index (χ1n) is 5.53. The molecule has 0 N–H and O–H groups in total. The van der Waals surface area contributed by atoms with Crippen molar-refractivity contribution in [3.8, 4) is 6.07 Å². The molecular weight excluding hydrogens is 212 g/mol. The van der Waals surface area contributed by atoms with Crippen molar-refractivity contribution in [1.82, 2.24) is 9.97 Å². The minimum absolute atomic E-state index is 0.0197. The second-order valence-corrected chi connectivity index (χ2v) is 4.13. The molecule has 17 heavy (non-hydrogen) atoms. The lowest BCUT2D eigenvalue weighted by molar-refractivity contribution is 0.711. The SMILES string of the molecule is CC(C#N)CN(C)c1ncnc2ccccc12. The van der Waals surface area contributed by atoms with Gasteiger partial charge >= 0.3 is 0 Å². The van der Waals surface area contributed by atoms with Crippen molar-refractivity contribution in [2.45, 2.75) is 6.92 Å². The standard InChI is InChI=1S/C13H14N4/c1-10(7-14)8-17(2)13-11-5-3-4-6-12(11)15-9-16-13/h3-6,9-10H,8H2,1-2H3. The van der Waals surface area contributed by atoms with E-state index in [0.717, 1.165) is 16.7 Å². The summed E-state index contributed by atoms with van der Waals surface area (Å²) in [5.74, 6) is 0.853. The largest absolute Gasteiger partial charge is 0.358 e. The Hall–Kier alpha value is -2.15. The average molecular weight is 226 g/mol. The fourth-order valence-corrected chi connectivity index (χ4v) is 1.83. The second kappa shape index (κ2) is 4.79. The summed E-state index contributed by atoms with van der Waals surface area (Å²) in [5.41, 5.74) is 0.925. The van der Waals surface area contributed by atoms with Gasteiger partial charge in [0.05, 0.1) is 17.5 Å². The Bertz CT molecular complexity index is 553. The summed E-state index contributed by atoms with van der Waals surface area (Å²) in [5, 5.41) is 9.85. The van der Waals surface area contributed by atoms with Gasteiger partial charge in [0.25, 0.3) is 0 Å². The van der Waals surface area contributed by atoms with E-state index in [1.54, 1.807) is 6.33 Å². The zero-order valence-electron chi connectivity index (χ0n) is 9.96. The number of hydrogen-bond donors (Lipinski definition) is 0. The number of fused-ring (bicyclic) bond motifs is 1. The van der Waals surface area contributed by atoms with Crippen LogP contribution in [0.3, 0.4) is 0 Å². The van der Waals surface area contributed by atoms with Crippen molar-refractivity contribution in [3.05, 3.63) is 30.6 Å². The summed E-state index contributed by atoms with van der Waals surface area (Å²) < 4.78 is 0. The van der Waals surface area contributed by atoms with Crippen LogP contribution in [-0.4, -0.2) is 23.6 Å².